The van der Waals surface area contributed by atoms with Crippen LogP contribution in [0.4, 0.5) is 17.1 Å². The molecule has 0 atom stereocenters. The van der Waals surface area contributed by atoms with Gasteiger partial charge in [-0.25, -0.2) is 0 Å². The maximum Gasteiger partial charge on any atom is 0.252 e. The van der Waals surface area contributed by atoms with Crippen molar-refractivity contribution in [3.8, 4) is 55.9 Å². The van der Waals surface area contributed by atoms with Crippen molar-refractivity contribution in [1.29, 1.82) is 0 Å². The van der Waals surface area contributed by atoms with Crippen LogP contribution >= 0.6 is 0 Å². The number of hydrogen-bond donors (Lipinski definition) is 0. The van der Waals surface area contributed by atoms with Crippen LogP contribution in [-0.4, -0.2) is 15.8 Å². The highest BCUT2D eigenvalue weighted by Crippen LogP contribution is 2.52. The van der Waals surface area contributed by atoms with E-state index in [1.807, 2.05) is 0 Å². The Balaban J connectivity index is 1.07. The second-order valence-corrected chi connectivity index (χ2v) is 23.7. The molecule has 0 bridgehead atoms. The topological polar surface area (TPSA) is 13.1 Å². The summed E-state index contributed by atoms with van der Waals surface area (Å²) in [6, 6.07) is 83.0. The van der Waals surface area contributed by atoms with Gasteiger partial charge in [0.1, 0.15) is 0 Å². The van der Waals surface area contributed by atoms with Crippen molar-refractivity contribution in [3.63, 3.8) is 0 Å². The molecule has 13 aromatic rings. The highest BCUT2D eigenvalue weighted by molar-refractivity contribution is 7.00. The largest absolute Gasteiger partial charge is 0.310 e. The minimum atomic E-state index is -0.0864. The summed E-state index contributed by atoms with van der Waals surface area (Å²) in [6.07, 6.45) is 0. The molecule has 1 aliphatic carbocycles. The highest BCUT2D eigenvalue weighted by Gasteiger charge is 2.43. The highest BCUT2D eigenvalue weighted by atomic mass is 15.2. The van der Waals surface area contributed by atoms with Crippen molar-refractivity contribution in [3.05, 3.63) is 230 Å². The fraction of sp³-hybridized carbons (Fsp3) is 0.111. The van der Waals surface area contributed by atoms with E-state index in [0.29, 0.717) is 0 Å². The second kappa shape index (κ2) is 15.4. The predicted molar refractivity (Wildman–Crippen MR) is 325 cm³/mol. The van der Waals surface area contributed by atoms with Crippen molar-refractivity contribution in [2.24, 2.45) is 0 Å². The summed E-state index contributed by atoms with van der Waals surface area (Å²) in [4.78, 5) is 2.50. The quantitative estimate of drug-likeness (QED) is 0.157. The number of nitrogens with zero attached hydrogens (tertiary/aromatic N) is 3. The van der Waals surface area contributed by atoms with Gasteiger partial charge in [-0.15, -0.1) is 0 Å². The minimum absolute atomic E-state index is 0.0219. The van der Waals surface area contributed by atoms with E-state index in [0.717, 1.165) is 17.1 Å². The molecule has 16 rings (SSSR count). The van der Waals surface area contributed by atoms with Gasteiger partial charge in [0.05, 0.1) is 22.2 Å². The summed E-state index contributed by atoms with van der Waals surface area (Å²) in [5.74, 6) is 0. The average molecular weight is 972 g/mol. The molecule has 0 spiro atoms. The maximum atomic E-state index is 2.68. The molecule has 0 saturated carbocycles. The van der Waals surface area contributed by atoms with Gasteiger partial charge in [0.15, 0.2) is 0 Å². The van der Waals surface area contributed by atoms with Crippen LogP contribution in [0.15, 0.2) is 218 Å². The Morgan fingerprint density at radius 3 is 1.47 bits per heavy atom. The van der Waals surface area contributed by atoms with Gasteiger partial charge in [0.2, 0.25) is 0 Å². The molecule has 0 amide bonds. The smallest absolute Gasteiger partial charge is 0.252 e. The Hall–Kier alpha value is -8.86. The van der Waals surface area contributed by atoms with Crippen molar-refractivity contribution >= 4 is 94.5 Å². The van der Waals surface area contributed by atoms with Crippen molar-refractivity contribution < 1.29 is 0 Å². The Labute approximate surface area is 444 Å². The number of aromatic nitrogens is 2. The predicted octanol–water partition coefficient (Wildman–Crippen LogP) is 17.2. The van der Waals surface area contributed by atoms with Gasteiger partial charge < -0.3 is 14.0 Å². The molecule has 76 heavy (non-hydrogen) atoms. The zero-order valence-electron chi connectivity index (χ0n) is 43.7. The minimum Gasteiger partial charge on any atom is -0.310 e. The number of anilines is 3. The van der Waals surface area contributed by atoms with Crippen LogP contribution in [-0.2, 0) is 10.8 Å². The Bertz CT molecular complexity index is 4540. The first-order valence-corrected chi connectivity index (χ1v) is 27.0. The van der Waals surface area contributed by atoms with E-state index in [9.17, 15) is 0 Å². The van der Waals surface area contributed by atoms with Gasteiger partial charge in [-0.05, 0) is 154 Å². The molecule has 2 aromatic heterocycles. The van der Waals surface area contributed by atoms with Crippen LogP contribution < -0.4 is 21.3 Å². The fourth-order valence-electron chi connectivity index (χ4n) is 13.7. The first kappa shape index (κ1) is 43.5. The van der Waals surface area contributed by atoms with Crippen LogP contribution in [0.2, 0.25) is 0 Å². The third kappa shape index (κ3) is 6.01. The SMILES string of the molecule is CC(C)(C)c1ccc2c(c1)c1cc(C(C)(C)C)cc3c1n2-c1cc(N(c2ccc(-c4ccccc4)cc2)c2ccc(-c4ccccc4)cc2)cc2c1B3c1cc3cccc4c3c3c5c(cccc5n-2c13)-c1ccccc1-4. The van der Waals surface area contributed by atoms with E-state index in [2.05, 4.69) is 274 Å². The van der Waals surface area contributed by atoms with Gasteiger partial charge >= 0.3 is 0 Å². The van der Waals surface area contributed by atoms with E-state index < -0.39 is 0 Å². The molecular weight excluding hydrogens is 918 g/mol. The van der Waals surface area contributed by atoms with E-state index >= 15 is 0 Å². The molecule has 0 radical (unpaired) electrons. The third-order valence-electron chi connectivity index (χ3n) is 17.3. The summed E-state index contributed by atoms with van der Waals surface area (Å²) < 4.78 is 5.34. The zero-order valence-corrected chi connectivity index (χ0v) is 43.7. The van der Waals surface area contributed by atoms with Gasteiger partial charge in [-0.2, -0.15) is 0 Å². The monoisotopic (exact) mass is 971 g/mol. The Kier molecular flexibility index (Phi) is 8.80. The standard InChI is InChI=1S/C72H54BN3/c1-71(2,3)48-31-36-61-57(38-48)58-39-49(72(4,5)6)40-60-69(58)75(61)63-41-52(74(50-32-27-45(28-33-50)43-17-9-7-10-18-43)51-34-29-46(30-35-51)44-19-11-8-12-20-44)42-64-68(63)73(60)59-37-47-21-15-24-55-53-22-13-14-23-54(53)56-25-16-26-62-66(56)67(65(47)55)70(59)76(62)64/h7-42H,1-6H3. The summed E-state index contributed by atoms with van der Waals surface area (Å²) in [7, 11) is 0. The first-order valence-electron chi connectivity index (χ1n) is 27.0. The lowest BCUT2D eigenvalue weighted by Gasteiger charge is -2.36. The summed E-state index contributed by atoms with van der Waals surface area (Å²) in [5, 5.41) is 7.96. The number of rotatable bonds is 5. The molecule has 4 heteroatoms. The normalized spacial score (nSPS) is 13.1. The van der Waals surface area contributed by atoms with E-state index in [1.54, 1.807) is 0 Å². The van der Waals surface area contributed by atoms with E-state index in [1.165, 1.54) is 138 Å². The second-order valence-electron chi connectivity index (χ2n) is 23.7. The molecular formula is C72H54BN3. The van der Waals surface area contributed by atoms with Gasteiger partial charge in [-0.1, -0.05) is 199 Å². The number of hydrogen-bond acceptors (Lipinski definition) is 1. The lowest BCUT2D eigenvalue weighted by Crippen LogP contribution is -2.59. The lowest BCUT2D eigenvalue weighted by atomic mass is 9.34. The molecule has 3 nitrogen and oxygen atoms in total. The van der Waals surface area contributed by atoms with Crippen molar-refractivity contribution in [1.82, 2.24) is 9.13 Å². The summed E-state index contributed by atoms with van der Waals surface area (Å²) >= 11 is 0. The van der Waals surface area contributed by atoms with Gasteiger partial charge in [0, 0.05) is 49.8 Å². The Morgan fingerprint density at radius 2 is 0.868 bits per heavy atom. The molecule has 4 heterocycles. The summed E-state index contributed by atoms with van der Waals surface area (Å²) in [5.41, 5.74) is 27.5. The fourth-order valence-corrected chi connectivity index (χ4v) is 13.7. The van der Waals surface area contributed by atoms with E-state index in [4.69, 9.17) is 0 Å². The van der Waals surface area contributed by atoms with Crippen LogP contribution in [0.5, 0.6) is 0 Å². The van der Waals surface area contributed by atoms with Crippen LogP contribution in [0, 0.1) is 0 Å². The molecule has 0 N–H and O–H groups in total. The molecule has 360 valence electrons. The van der Waals surface area contributed by atoms with Crippen molar-refractivity contribution in [2.75, 3.05) is 4.90 Å². The molecule has 2 aliphatic heterocycles. The number of benzene rings is 11. The van der Waals surface area contributed by atoms with Gasteiger partial charge in [-0.3, -0.25) is 0 Å². The molecule has 11 aromatic carbocycles. The molecule has 0 unspecified atom stereocenters. The van der Waals surface area contributed by atoms with Crippen LogP contribution in [0.3, 0.4) is 0 Å². The average Bonchev–Trinajstić information content (AvgIpc) is 4.04. The lowest BCUT2D eigenvalue weighted by molar-refractivity contribution is 0.590. The summed E-state index contributed by atoms with van der Waals surface area (Å²) in [6.45, 7) is 14.1. The molecule has 0 fully saturated rings. The van der Waals surface area contributed by atoms with Crippen LogP contribution in [0.25, 0.3) is 110 Å². The van der Waals surface area contributed by atoms with E-state index in [-0.39, 0.29) is 17.5 Å². The van der Waals surface area contributed by atoms with Crippen molar-refractivity contribution in [2.45, 2.75) is 52.4 Å². The first-order chi connectivity index (χ1) is 37.0. The van der Waals surface area contributed by atoms with Crippen LogP contribution in [0.1, 0.15) is 52.7 Å². The number of fused-ring (bicyclic) bond motifs is 11. The zero-order chi connectivity index (χ0) is 50.9. The van der Waals surface area contributed by atoms with Gasteiger partial charge in [0.25, 0.3) is 6.71 Å². The molecule has 3 aliphatic rings. The third-order valence-corrected chi connectivity index (χ3v) is 17.3. The molecule has 0 saturated heterocycles. The Morgan fingerprint density at radius 1 is 0.355 bits per heavy atom. The maximum absolute atomic E-state index is 2.68.